The number of furan rings is 1. The van der Waals surface area contributed by atoms with E-state index in [9.17, 15) is 4.79 Å². The Hall–Kier alpha value is -1.65. The monoisotopic (exact) mass is 419 g/mol. The molecular weight excluding hydrogens is 397 g/mol. The predicted molar refractivity (Wildman–Crippen MR) is 108 cm³/mol. The highest BCUT2D eigenvalue weighted by atomic mass is 35.5. The van der Waals surface area contributed by atoms with Gasteiger partial charge in [-0.15, -0.1) is 0 Å². The Kier molecular flexibility index (Phi) is 4.59. The number of benzene rings is 1. The second-order valence-corrected chi connectivity index (χ2v) is 9.63. The van der Waals surface area contributed by atoms with Crippen LogP contribution in [0.2, 0.25) is 10.0 Å². The maximum Gasteiger partial charge on any atom is 0.287 e. The summed E-state index contributed by atoms with van der Waals surface area (Å²) in [5, 5.41) is 4.33. The van der Waals surface area contributed by atoms with Crippen molar-refractivity contribution in [2.24, 2.45) is 17.8 Å². The van der Waals surface area contributed by atoms with Crippen LogP contribution in [-0.2, 0) is 6.61 Å². The van der Waals surface area contributed by atoms with Crippen LogP contribution in [0.4, 0.5) is 0 Å². The van der Waals surface area contributed by atoms with Gasteiger partial charge in [0.15, 0.2) is 5.76 Å². The summed E-state index contributed by atoms with van der Waals surface area (Å²) in [6.07, 6.45) is 7.42. The third-order valence-corrected chi connectivity index (χ3v) is 7.10. The fraction of sp³-hybridized carbons (Fsp3) is 0.500. The van der Waals surface area contributed by atoms with Gasteiger partial charge in [-0.05, 0) is 86.6 Å². The zero-order chi connectivity index (χ0) is 19.3. The molecule has 2 aromatic rings. The molecular formula is C22H23Cl2NO3. The molecule has 0 saturated heterocycles. The minimum Gasteiger partial charge on any atom is -0.484 e. The van der Waals surface area contributed by atoms with Gasteiger partial charge in [0, 0.05) is 10.6 Å². The van der Waals surface area contributed by atoms with Gasteiger partial charge in [0.1, 0.15) is 18.1 Å². The molecule has 0 aliphatic heterocycles. The first kappa shape index (κ1) is 18.4. The summed E-state index contributed by atoms with van der Waals surface area (Å²) in [6, 6.07) is 8.56. The Morgan fingerprint density at radius 3 is 2.39 bits per heavy atom. The van der Waals surface area contributed by atoms with Gasteiger partial charge >= 0.3 is 0 Å². The molecule has 1 amide bonds. The number of hydrogen-bond donors (Lipinski definition) is 1. The summed E-state index contributed by atoms with van der Waals surface area (Å²) in [5.41, 5.74) is -0.0217. The molecule has 4 bridgehead atoms. The van der Waals surface area contributed by atoms with Crippen LogP contribution in [0.15, 0.2) is 34.7 Å². The number of rotatable bonds is 5. The van der Waals surface area contributed by atoms with E-state index in [-0.39, 0.29) is 18.1 Å². The largest absolute Gasteiger partial charge is 0.484 e. The number of carbonyl (C=O) groups excluding carboxylic acids is 1. The molecule has 1 aromatic carbocycles. The minimum absolute atomic E-state index is 0.0217. The predicted octanol–water partition coefficient (Wildman–Crippen LogP) is 5.86. The molecule has 6 heteroatoms. The molecule has 4 fully saturated rings. The lowest BCUT2D eigenvalue weighted by molar-refractivity contribution is -0.0171. The van der Waals surface area contributed by atoms with Crippen LogP contribution >= 0.6 is 23.2 Å². The molecule has 28 heavy (non-hydrogen) atoms. The van der Waals surface area contributed by atoms with Crippen molar-refractivity contribution in [2.75, 3.05) is 0 Å². The molecule has 4 saturated carbocycles. The lowest BCUT2D eigenvalue weighted by Crippen LogP contribution is -2.59. The Bertz CT molecular complexity index is 872. The van der Waals surface area contributed by atoms with Gasteiger partial charge in [0.25, 0.3) is 5.91 Å². The summed E-state index contributed by atoms with van der Waals surface area (Å²) in [7, 11) is 0. The van der Waals surface area contributed by atoms with Crippen molar-refractivity contribution in [3.63, 3.8) is 0 Å². The van der Waals surface area contributed by atoms with Crippen molar-refractivity contribution in [2.45, 2.75) is 50.7 Å². The minimum atomic E-state index is -0.113. The maximum atomic E-state index is 12.8. The van der Waals surface area contributed by atoms with E-state index in [2.05, 4.69) is 5.32 Å². The van der Waals surface area contributed by atoms with E-state index >= 15 is 0 Å². The van der Waals surface area contributed by atoms with Crippen LogP contribution in [0, 0.1) is 17.8 Å². The first-order valence-corrected chi connectivity index (χ1v) is 10.7. The van der Waals surface area contributed by atoms with Gasteiger partial charge in [0.2, 0.25) is 0 Å². The topological polar surface area (TPSA) is 51.5 Å². The highest BCUT2D eigenvalue weighted by molar-refractivity contribution is 6.35. The number of nitrogens with one attached hydrogen (secondary N) is 1. The summed E-state index contributed by atoms with van der Waals surface area (Å²) >= 11 is 12.0. The van der Waals surface area contributed by atoms with E-state index in [1.165, 1.54) is 19.3 Å². The third kappa shape index (κ3) is 3.53. The van der Waals surface area contributed by atoms with Crippen LogP contribution in [0.3, 0.4) is 0 Å². The van der Waals surface area contributed by atoms with Gasteiger partial charge in [-0.25, -0.2) is 0 Å². The molecule has 0 unspecified atom stereocenters. The van der Waals surface area contributed by atoms with Gasteiger partial charge in [0.05, 0.1) is 5.02 Å². The zero-order valence-electron chi connectivity index (χ0n) is 15.5. The molecule has 0 atom stereocenters. The highest BCUT2D eigenvalue weighted by Gasteiger charge is 2.51. The number of carbonyl (C=O) groups is 1. The second kappa shape index (κ2) is 7.00. The van der Waals surface area contributed by atoms with Gasteiger partial charge in [-0.2, -0.15) is 0 Å². The molecule has 4 aliphatic rings. The van der Waals surface area contributed by atoms with Crippen molar-refractivity contribution >= 4 is 29.1 Å². The lowest BCUT2D eigenvalue weighted by atomic mass is 9.53. The first-order valence-electron chi connectivity index (χ1n) is 9.97. The smallest absolute Gasteiger partial charge is 0.287 e. The molecule has 0 spiro atoms. The Balaban J connectivity index is 1.23. The first-order chi connectivity index (χ1) is 13.5. The van der Waals surface area contributed by atoms with Gasteiger partial charge in [-0.1, -0.05) is 23.2 Å². The summed E-state index contributed by atoms with van der Waals surface area (Å²) in [4.78, 5) is 12.8. The normalized spacial score (nSPS) is 30.4. The average Bonchev–Trinajstić information content (AvgIpc) is 3.08. The van der Waals surface area contributed by atoms with E-state index in [0.717, 1.165) is 37.0 Å². The lowest BCUT2D eigenvalue weighted by Gasteiger charge is -2.56. The standard InChI is InChI=1S/C22H23Cl2NO3/c23-16-1-3-19(18(24)8-16)27-12-17-2-4-20(28-17)21(26)25-22-9-13-5-14(10-22)7-15(6-13)11-22/h1-4,8,13-15H,5-7,9-12H2,(H,25,26). The summed E-state index contributed by atoms with van der Waals surface area (Å²) in [5.74, 6) is 3.71. The molecule has 1 N–H and O–H groups in total. The summed E-state index contributed by atoms with van der Waals surface area (Å²) < 4.78 is 11.4. The number of halogens is 2. The SMILES string of the molecule is O=C(NC12CC3CC(CC(C3)C1)C2)c1ccc(COc2ccc(Cl)cc2Cl)o1. The molecule has 6 rings (SSSR count). The molecule has 0 radical (unpaired) electrons. The van der Waals surface area contributed by atoms with Crippen molar-refractivity contribution in [1.82, 2.24) is 5.32 Å². The van der Waals surface area contributed by atoms with Crippen LogP contribution < -0.4 is 10.1 Å². The molecule has 148 valence electrons. The molecule has 1 aromatic heterocycles. The van der Waals surface area contributed by atoms with Gasteiger partial charge in [-0.3, -0.25) is 4.79 Å². The van der Waals surface area contributed by atoms with Crippen molar-refractivity contribution in [3.8, 4) is 5.75 Å². The van der Waals surface area contributed by atoms with E-state index in [1.54, 1.807) is 30.3 Å². The van der Waals surface area contributed by atoms with Crippen molar-refractivity contribution < 1.29 is 13.9 Å². The van der Waals surface area contributed by atoms with Gasteiger partial charge < -0.3 is 14.5 Å². The number of hydrogen-bond acceptors (Lipinski definition) is 3. The fourth-order valence-electron chi connectivity index (χ4n) is 5.88. The van der Waals surface area contributed by atoms with Crippen LogP contribution in [0.5, 0.6) is 5.75 Å². The Labute approximate surface area is 174 Å². The molecule has 4 nitrogen and oxygen atoms in total. The average molecular weight is 420 g/mol. The van der Waals surface area contributed by atoms with Crippen molar-refractivity contribution in [3.05, 3.63) is 51.9 Å². The quantitative estimate of drug-likeness (QED) is 0.659. The highest BCUT2D eigenvalue weighted by Crippen LogP contribution is 2.55. The number of amides is 1. The van der Waals surface area contributed by atoms with Crippen molar-refractivity contribution in [1.29, 1.82) is 0 Å². The maximum absolute atomic E-state index is 12.8. The fourth-order valence-corrected chi connectivity index (χ4v) is 6.35. The zero-order valence-corrected chi connectivity index (χ0v) is 17.1. The van der Waals surface area contributed by atoms with E-state index in [0.29, 0.717) is 27.3 Å². The Morgan fingerprint density at radius 2 is 1.75 bits per heavy atom. The molecule has 1 heterocycles. The van der Waals surface area contributed by atoms with Crippen LogP contribution in [0.1, 0.15) is 54.8 Å². The third-order valence-electron chi connectivity index (χ3n) is 6.57. The van der Waals surface area contributed by atoms with Crippen LogP contribution in [-0.4, -0.2) is 11.4 Å². The Morgan fingerprint density at radius 1 is 1.07 bits per heavy atom. The van der Waals surface area contributed by atoms with E-state index < -0.39 is 0 Å². The van der Waals surface area contributed by atoms with E-state index in [1.807, 2.05) is 0 Å². The summed E-state index contributed by atoms with van der Waals surface area (Å²) in [6.45, 7) is 0.200. The van der Waals surface area contributed by atoms with E-state index in [4.69, 9.17) is 32.4 Å². The number of ether oxygens (including phenoxy) is 1. The van der Waals surface area contributed by atoms with Crippen LogP contribution in [0.25, 0.3) is 0 Å². The molecule has 4 aliphatic carbocycles. The second-order valence-electron chi connectivity index (χ2n) is 8.78.